The van der Waals surface area contributed by atoms with Gasteiger partial charge in [0, 0.05) is 5.41 Å². The summed E-state index contributed by atoms with van der Waals surface area (Å²) in [7, 11) is 0. The molecule has 0 bridgehead atoms. The quantitative estimate of drug-likeness (QED) is 0.635. The first kappa shape index (κ1) is 17.4. The maximum atomic E-state index is 6.73. The number of fused-ring (bicyclic) bond motifs is 1. The predicted octanol–water partition coefficient (Wildman–Crippen LogP) is 4.74. The minimum atomic E-state index is -0.131. The van der Waals surface area contributed by atoms with E-state index in [9.17, 15) is 0 Å². The smallest absolute Gasteiger partial charge is 0.264 e. The van der Waals surface area contributed by atoms with Crippen LogP contribution in [0.4, 0.5) is 0 Å². The molecule has 5 heteroatoms. The van der Waals surface area contributed by atoms with Crippen LogP contribution in [0.2, 0.25) is 0 Å². The fourth-order valence-electron chi connectivity index (χ4n) is 3.23. The summed E-state index contributed by atoms with van der Waals surface area (Å²) in [6.45, 7) is 6.40. The molecule has 0 spiro atoms. The summed E-state index contributed by atoms with van der Waals surface area (Å²) in [6, 6.07) is 17.6. The molecule has 0 saturated carbocycles. The second kappa shape index (κ2) is 6.30. The lowest BCUT2D eigenvalue weighted by atomic mass is 9.91. The first-order valence-electron chi connectivity index (χ1n) is 8.94. The van der Waals surface area contributed by atoms with Gasteiger partial charge in [-0.25, -0.2) is 0 Å². The zero-order valence-corrected chi connectivity index (χ0v) is 15.8. The van der Waals surface area contributed by atoms with Gasteiger partial charge in [-0.1, -0.05) is 39.0 Å². The van der Waals surface area contributed by atoms with E-state index in [1.807, 2.05) is 67.0 Å². The van der Waals surface area contributed by atoms with Gasteiger partial charge in [0.05, 0.1) is 18.0 Å². The average molecular weight is 359 g/mol. The van der Waals surface area contributed by atoms with E-state index in [0.717, 1.165) is 34.3 Å². The number of nitrogens with zero attached hydrogens (tertiary/aromatic N) is 3. The number of rotatable bonds is 3. The molecule has 2 aromatic carbocycles. The Bertz CT molecular complexity index is 979. The van der Waals surface area contributed by atoms with Crippen molar-refractivity contribution in [2.45, 2.75) is 20.8 Å². The van der Waals surface area contributed by atoms with E-state index < -0.39 is 0 Å². The molecule has 136 valence electrons. The summed E-state index contributed by atoms with van der Waals surface area (Å²) in [6.07, 6.45) is 5.39. The number of hydrogen-bond donors (Lipinski definition) is 1. The van der Waals surface area contributed by atoms with Crippen LogP contribution in [0.25, 0.3) is 0 Å². The van der Waals surface area contributed by atoms with Crippen molar-refractivity contribution in [1.82, 2.24) is 0 Å². The molecule has 0 aliphatic carbocycles. The number of amidine groups is 1. The van der Waals surface area contributed by atoms with Gasteiger partial charge in [0.2, 0.25) is 5.70 Å². The third kappa shape index (κ3) is 3.12. The van der Waals surface area contributed by atoms with E-state index in [-0.39, 0.29) is 10.0 Å². The molecule has 0 aromatic heterocycles. The van der Waals surface area contributed by atoms with Crippen LogP contribution in [0.1, 0.15) is 26.3 Å². The second-order valence-electron chi connectivity index (χ2n) is 7.71. The van der Waals surface area contributed by atoms with Gasteiger partial charge in [0.25, 0.3) is 5.84 Å². The van der Waals surface area contributed by atoms with Crippen LogP contribution in [0.3, 0.4) is 0 Å². The highest BCUT2D eigenvalue weighted by molar-refractivity contribution is 6.00. The molecule has 2 aliphatic heterocycles. The molecular formula is C22H23N4O+. The van der Waals surface area contributed by atoms with Crippen LogP contribution in [0.15, 0.2) is 88.4 Å². The number of aliphatic imine (C=N–C) groups is 2. The Morgan fingerprint density at radius 3 is 2.26 bits per heavy atom. The zero-order valence-electron chi connectivity index (χ0n) is 15.8. The second-order valence-corrected chi connectivity index (χ2v) is 7.71. The maximum absolute atomic E-state index is 6.73. The fourth-order valence-corrected chi connectivity index (χ4v) is 3.23. The molecular weight excluding hydrogens is 336 g/mol. The fraction of sp³-hybridized carbons (Fsp3) is 0.182. The highest BCUT2D eigenvalue weighted by Crippen LogP contribution is 2.39. The number of allylic oxidation sites excluding steroid dienone is 2. The number of para-hydroxylation sites is 1. The lowest BCUT2D eigenvalue weighted by Gasteiger charge is -2.27. The molecule has 0 amide bonds. The van der Waals surface area contributed by atoms with Crippen molar-refractivity contribution in [3.8, 4) is 11.5 Å². The monoisotopic (exact) mass is 359 g/mol. The molecule has 5 nitrogen and oxygen atoms in total. The molecule has 4 rings (SSSR count). The van der Waals surface area contributed by atoms with Crippen molar-refractivity contribution in [3.63, 3.8) is 0 Å². The Morgan fingerprint density at radius 2 is 1.59 bits per heavy atom. The maximum Gasteiger partial charge on any atom is 0.264 e. The highest BCUT2D eigenvalue weighted by Gasteiger charge is 2.46. The molecule has 1 unspecified atom stereocenters. The minimum absolute atomic E-state index is 0.0367. The first-order chi connectivity index (χ1) is 12.9. The summed E-state index contributed by atoms with van der Waals surface area (Å²) < 4.78 is 5.92. The normalized spacial score (nSPS) is 21.3. The van der Waals surface area contributed by atoms with Crippen molar-refractivity contribution in [2.24, 2.45) is 21.2 Å². The zero-order chi connectivity index (χ0) is 19.1. The van der Waals surface area contributed by atoms with Crippen LogP contribution >= 0.6 is 0 Å². The van der Waals surface area contributed by atoms with Crippen molar-refractivity contribution < 1.29 is 9.33 Å². The topological polar surface area (TPSA) is 60.0 Å². The van der Waals surface area contributed by atoms with E-state index in [1.54, 1.807) is 6.20 Å². The van der Waals surface area contributed by atoms with Gasteiger partial charge < -0.3 is 4.74 Å². The molecule has 0 saturated heterocycles. The van der Waals surface area contributed by atoms with E-state index >= 15 is 0 Å². The predicted molar refractivity (Wildman–Crippen MR) is 108 cm³/mol. The van der Waals surface area contributed by atoms with Crippen molar-refractivity contribution in [1.29, 1.82) is 0 Å². The van der Waals surface area contributed by atoms with Crippen LogP contribution in [0.5, 0.6) is 11.5 Å². The van der Waals surface area contributed by atoms with Crippen molar-refractivity contribution in [3.05, 3.63) is 84.0 Å². The van der Waals surface area contributed by atoms with Crippen molar-refractivity contribution >= 4 is 12.1 Å². The molecule has 2 aromatic rings. The number of benzene rings is 2. The molecule has 2 N–H and O–H groups in total. The van der Waals surface area contributed by atoms with E-state index in [4.69, 9.17) is 15.6 Å². The lowest BCUT2D eigenvalue weighted by Crippen LogP contribution is -2.53. The van der Waals surface area contributed by atoms with Gasteiger partial charge in [-0.3, -0.25) is 4.99 Å². The number of ether oxygens (including phenoxy) is 1. The van der Waals surface area contributed by atoms with Crippen LogP contribution in [-0.2, 0) is 0 Å². The summed E-state index contributed by atoms with van der Waals surface area (Å²) >= 11 is 0. The number of nitrogens with two attached hydrogens (primary N) is 1. The van der Waals surface area contributed by atoms with Gasteiger partial charge in [-0.2, -0.15) is 10.8 Å². The Hall–Kier alpha value is -3.02. The molecule has 0 radical (unpaired) electrons. The number of quaternary nitrogens is 1. The van der Waals surface area contributed by atoms with Crippen molar-refractivity contribution in [2.75, 3.05) is 0 Å². The Kier molecular flexibility index (Phi) is 4.06. The number of hydrogen-bond acceptors (Lipinski definition) is 4. The summed E-state index contributed by atoms with van der Waals surface area (Å²) in [4.78, 5) is 9.19. The van der Waals surface area contributed by atoms with Gasteiger partial charge in [-0.05, 0) is 36.4 Å². The van der Waals surface area contributed by atoms with E-state index in [2.05, 4.69) is 25.8 Å². The SMILES string of the molecule is CC(C)(C)C1=C2C=NC=C[N+]2(N)C(c2ccc(Oc3ccccc3)cc2)=N1. The molecule has 2 heterocycles. The van der Waals surface area contributed by atoms with Gasteiger partial charge in [0.15, 0.2) is 0 Å². The third-order valence-electron chi connectivity index (χ3n) is 4.60. The van der Waals surface area contributed by atoms with Gasteiger partial charge in [-0.15, -0.1) is 4.59 Å². The molecule has 1 atom stereocenters. The Balaban J connectivity index is 1.67. The lowest BCUT2D eigenvalue weighted by molar-refractivity contribution is -0.750. The van der Waals surface area contributed by atoms with Crippen LogP contribution in [-0.4, -0.2) is 16.6 Å². The minimum Gasteiger partial charge on any atom is -0.457 e. The summed E-state index contributed by atoms with van der Waals surface area (Å²) in [5.74, 6) is 9.09. The summed E-state index contributed by atoms with van der Waals surface area (Å²) in [5, 5.41) is 0. The largest absolute Gasteiger partial charge is 0.457 e. The standard InChI is InChI=1S/C22H23N4O/c1-22(2,3)20-19-15-24-13-14-26(19,23)21(25-20)16-9-11-18(12-10-16)27-17-7-5-4-6-8-17/h4-15H,23H2,1-3H3/q+1. The van der Waals surface area contributed by atoms with Crippen LogP contribution < -0.4 is 10.6 Å². The highest BCUT2D eigenvalue weighted by atomic mass is 16.5. The van der Waals surface area contributed by atoms with Gasteiger partial charge >= 0.3 is 0 Å². The molecule has 0 fully saturated rings. The van der Waals surface area contributed by atoms with Crippen LogP contribution in [0, 0.1) is 5.41 Å². The first-order valence-corrected chi connectivity index (χ1v) is 8.94. The third-order valence-corrected chi connectivity index (χ3v) is 4.60. The molecule has 27 heavy (non-hydrogen) atoms. The average Bonchev–Trinajstić information content (AvgIpc) is 2.97. The van der Waals surface area contributed by atoms with E-state index in [0.29, 0.717) is 0 Å². The summed E-state index contributed by atoms with van der Waals surface area (Å²) in [5.41, 5.74) is 2.69. The molecule has 2 aliphatic rings. The van der Waals surface area contributed by atoms with Gasteiger partial charge in [0.1, 0.15) is 23.4 Å². The van der Waals surface area contributed by atoms with E-state index in [1.165, 1.54) is 0 Å². The Labute approximate surface area is 159 Å². The Morgan fingerprint density at radius 1 is 0.926 bits per heavy atom.